The summed E-state index contributed by atoms with van der Waals surface area (Å²) in [5, 5.41) is 6.01. The first-order valence-electron chi connectivity index (χ1n) is 5.83. The van der Waals surface area contributed by atoms with Crippen molar-refractivity contribution in [3.8, 4) is 17.0 Å². The van der Waals surface area contributed by atoms with Crippen LogP contribution in [0, 0.1) is 5.82 Å². The van der Waals surface area contributed by atoms with Crippen LogP contribution in [0.15, 0.2) is 23.6 Å². The van der Waals surface area contributed by atoms with Gasteiger partial charge in [0.15, 0.2) is 5.13 Å². The zero-order valence-electron chi connectivity index (χ0n) is 9.94. The number of hydrogen-bond acceptors (Lipinski definition) is 4. The van der Waals surface area contributed by atoms with Crippen LogP contribution in [0.4, 0.5) is 9.52 Å². The van der Waals surface area contributed by atoms with Gasteiger partial charge in [0.1, 0.15) is 11.6 Å². The van der Waals surface area contributed by atoms with Crippen molar-refractivity contribution >= 4 is 16.5 Å². The first-order valence-corrected chi connectivity index (χ1v) is 6.71. The van der Waals surface area contributed by atoms with Gasteiger partial charge in [-0.15, -0.1) is 11.3 Å². The van der Waals surface area contributed by atoms with Crippen LogP contribution in [0.5, 0.6) is 5.75 Å². The first-order chi connectivity index (χ1) is 8.78. The van der Waals surface area contributed by atoms with Crippen molar-refractivity contribution in [1.29, 1.82) is 0 Å². The van der Waals surface area contributed by atoms with E-state index in [1.165, 1.54) is 37.4 Å². The SMILES string of the molecule is COc1cccc(F)c1-c1csc(NC2CC2)n1. The number of thiazole rings is 1. The lowest BCUT2D eigenvalue weighted by molar-refractivity contribution is 0.413. The molecule has 1 aliphatic rings. The number of ether oxygens (including phenoxy) is 1. The number of nitrogens with one attached hydrogen (secondary N) is 1. The normalized spacial score (nSPS) is 14.6. The molecule has 1 heterocycles. The molecule has 18 heavy (non-hydrogen) atoms. The summed E-state index contributed by atoms with van der Waals surface area (Å²) in [6.45, 7) is 0. The van der Waals surface area contributed by atoms with Gasteiger partial charge >= 0.3 is 0 Å². The van der Waals surface area contributed by atoms with E-state index in [9.17, 15) is 4.39 Å². The monoisotopic (exact) mass is 264 g/mol. The standard InChI is InChI=1S/C13H13FN2OS/c1-17-11-4-2-3-9(14)12(11)10-7-18-13(16-10)15-8-5-6-8/h2-4,7-8H,5-6H2,1H3,(H,15,16). The zero-order chi connectivity index (χ0) is 12.5. The first kappa shape index (κ1) is 11.5. The molecule has 1 aromatic heterocycles. The molecule has 0 atom stereocenters. The molecule has 1 aromatic carbocycles. The lowest BCUT2D eigenvalue weighted by Crippen LogP contribution is -2.00. The fourth-order valence-corrected chi connectivity index (χ4v) is 2.56. The summed E-state index contributed by atoms with van der Waals surface area (Å²) >= 11 is 1.50. The molecule has 2 aromatic rings. The number of methoxy groups -OCH3 is 1. The van der Waals surface area contributed by atoms with E-state index in [0.29, 0.717) is 23.0 Å². The third-order valence-corrected chi connectivity index (χ3v) is 3.63. The van der Waals surface area contributed by atoms with Crippen molar-refractivity contribution in [2.45, 2.75) is 18.9 Å². The third kappa shape index (κ3) is 2.18. The van der Waals surface area contributed by atoms with Crippen molar-refractivity contribution < 1.29 is 9.13 Å². The number of aromatic nitrogens is 1. The fraction of sp³-hybridized carbons (Fsp3) is 0.308. The summed E-state index contributed by atoms with van der Waals surface area (Å²) in [6.07, 6.45) is 2.38. The number of hydrogen-bond donors (Lipinski definition) is 1. The van der Waals surface area contributed by atoms with Gasteiger partial charge < -0.3 is 10.1 Å². The van der Waals surface area contributed by atoms with Gasteiger partial charge in [-0.05, 0) is 25.0 Å². The lowest BCUT2D eigenvalue weighted by Gasteiger charge is -2.06. The summed E-state index contributed by atoms with van der Waals surface area (Å²) in [7, 11) is 1.54. The van der Waals surface area contributed by atoms with E-state index in [2.05, 4.69) is 10.3 Å². The molecule has 0 saturated heterocycles. The fourth-order valence-electron chi connectivity index (χ4n) is 1.78. The molecule has 3 rings (SSSR count). The van der Waals surface area contributed by atoms with Gasteiger partial charge in [-0.2, -0.15) is 0 Å². The molecule has 0 bridgehead atoms. The maximum Gasteiger partial charge on any atom is 0.183 e. The molecular weight excluding hydrogens is 251 g/mol. The molecule has 1 N–H and O–H groups in total. The quantitative estimate of drug-likeness (QED) is 0.917. The molecule has 0 spiro atoms. The second kappa shape index (κ2) is 4.57. The van der Waals surface area contributed by atoms with Crippen molar-refractivity contribution in [2.24, 2.45) is 0 Å². The van der Waals surface area contributed by atoms with Crippen LogP contribution in [0.1, 0.15) is 12.8 Å². The molecule has 94 valence electrons. The van der Waals surface area contributed by atoms with Crippen LogP contribution in [-0.4, -0.2) is 18.1 Å². The summed E-state index contributed by atoms with van der Waals surface area (Å²) < 4.78 is 19.1. The van der Waals surface area contributed by atoms with Crippen molar-refractivity contribution in [3.05, 3.63) is 29.4 Å². The second-order valence-electron chi connectivity index (χ2n) is 4.27. The number of nitrogens with zero attached hydrogens (tertiary/aromatic N) is 1. The van der Waals surface area contributed by atoms with Crippen molar-refractivity contribution in [2.75, 3.05) is 12.4 Å². The van der Waals surface area contributed by atoms with E-state index < -0.39 is 0 Å². The summed E-state index contributed by atoms with van der Waals surface area (Å²) in [6, 6.07) is 5.34. The maximum absolute atomic E-state index is 13.9. The molecular formula is C13H13FN2OS. The molecule has 3 nitrogen and oxygen atoms in total. The third-order valence-electron chi connectivity index (χ3n) is 2.86. The average molecular weight is 264 g/mol. The van der Waals surface area contributed by atoms with Gasteiger partial charge in [-0.1, -0.05) is 6.07 Å². The molecule has 0 radical (unpaired) electrons. The Morgan fingerprint density at radius 1 is 1.44 bits per heavy atom. The van der Waals surface area contributed by atoms with E-state index in [1.54, 1.807) is 12.1 Å². The Morgan fingerprint density at radius 3 is 3.00 bits per heavy atom. The summed E-state index contributed by atoms with van der Waals surface area (Å²) in [4.78, 5) is 4.42. The maximum atomic E-state index is 13.9. The number of halogens is 1. The Hall–Kier alpha value is -1.62. The van der Waals surface area contributed by atoms with Crippen molar-refractivity contribution in [1.82, 2.24) is 4.98 Å². The van der Waals surface area contributed by atoms with Crippen LogP contribution < -0.4 is 10.1 Å². The average Bonchev–Trinajstić information content (AvgIpc) is 3.06. The largest absolute Gasteiger partial charge is 0.496 e. The molecule has 5 heteroatoms. The Kier molecular flexibility index (Phi) is 2.91. The smallest absolute Gasteiger partial charge is 0.183 e. The Balaban J connectivity index is 1.95. The Morgan fingerprint density at radius 2 is 2.28 bits per heavy atom. The van der Waals surface area contributed by atoms with E-state index in [0.717, 1.165) is 5.13 Å². The van der Waals surface area contributed by atoms with E-state index >= 15 is 0 Å². The molecule has 0 amide bonds. The predicted molar refractivity (Wildman–Crippen MR) is 70.7 cm³/mol. The number of rotatable bonds is 4. The van der Waals surface area contributed by atoms with Gasteiger partial charge in [0.05, 0.1) is 18.4 Å². The molecule has 1 aliphatic carbocycles. The van der Waals surface area contributed by atoms with Gasteiger partial charge in [-0.3, -0.25) is 0 Å². The lowest BCUT2D eigenvalue weighted by atomic mass is 10.1. The highest BCUT2D eigenvalue weighted by molar-refractivity contribution is 7.14. The molecule has 1 saturated carbocycles. The van der Waals surface area contributed by atoms with Crippen LogP contribution >= 0.6 is 11.3 Å². The van der Waals surface area contributed by atoms with E-state index in [-0.39, 0.29) is 5.82 Å². The van der Waals surface area contributed by atoms with Crippen LogP contribution in [0.25, 0.3) is 11.3 Å². The minimum atomic E-state index is -0.308. The number of benzene rings is 1. The second-order valence-corrected chi connectivity index (χ2v) is 5.13. The van der Waals surface area contributed by atoms with Gasteiger partial charge in [0.25, 0.3) is 0 Å². The van der Waals surface area contributed by atoms with Crippen LogP contribution in [0.2, 0.25) is 0 Å². The minimum absolute atomic E-state index is 0.308. The minimum Gasteiger partial charge on any atom is -0.496 e. The highest BCUT2D eigenvalue weighted by Gasteiger charge is 2.22. The van der Waals surface area contributed by atoms with E-state index in [4.69, 9.17) is 4.74 Å². The van der Waals surface area contributed by atoms with Gasteiger partial charge in [0.2, 0.25) is 0 Å². The highest BCUT2D eigenvalue weighted by atomic mass is 32.1. The topological polar surface area (TPSA) is 34.1 Å². The van der Waals surface area contributed by atoms with Gasteiger partial charge in [-0.25, -0.2) is 9.37 Å². The highest BCUT2D eigenvalue weighted by Crippen LogP contribution is 2.35. The van der Waals surface area contributed by atoms with Crippen molar-refractivity contribution in [3.63, 3.8) is 0 Å². The molecule has 1 fully saturated rings. The number of anilines is 1. The Bertz CT molecular complexity index is 566. The van der Waals surface area contributed by atoms with Crippen LogP contribution in [0.3, 0.4) is 0 Å². The van der Waals surface area contributed by atoms with E-state index in [1.807, 2.05) is 5.38 Å². The van der Waals surface area contributed by atoms with Gasteiger partial charge in [0, 0.05) is 11.4 Å². The summed E-state index contributed by atoms with van der Waals surface area (Å²) in [5.74, 6) is 0.205. The predicted octanol–water partition coefficient (Wildman–Crippen LogP) is 3.53. The molecule has 0 unspecified atom stereocenters. The zero-order valence-corrected chi connectivity index (χ0v) is 10.8. The summed E-state index contributed by atoms with van der Waals surface area (Å²) in [5.41, 5.74) is 1.05. The van der Waals surface area contributed by atoms with Crippen LogP contribution in [-0.2, 0) is 0 Å². The molecule has 0 aliphatic heterocycles. The Labute approximate surface area is 109 Å².